The van der Waals surface area contributed by atoms with Gasteiger partial charge in [-0.05, 0) is 31.4 Å². The molecule has 1 atom stereocenters. The van der Waals surface area contributed by atoms with E-state index in [2.05, 4.69) is 11.9 Å². The van der Waals surface area contributed by atoms with Gasteiger partial charge in [0, 0.05) is 31.5 Å². The van der Waals surface area contributed by atoms with Gasteiger partial charge in [-0.2, -0.15) is 0 Å². The average Bonchev–Trinajstić information content (AvgIpc) is 2.46. The zero-order chi connectivity index (χ0) is 14.5. The number of carbonyl (C=O) groups excluding carboxylic acids is 1. The highest BCUT2D eigenvalue weighted by atomic mass is 35.5. The van der Waals surface area contributed by atoms with Gasteiger partial charge in [-0.25, -0.2) is 4.98 Å². The highest BCUT2D eigenvalue weighted by Gasteiger charge is 2.24. The maximum Gasteiger partial charge on any atom is 0.254 e. The smallest absolute Gasteiger partial charge is 0.254 e. The number of amides is 1. The van der Waals surface area contributed by atoms with Crippen molar-refractivity contribution in [1.29, 1.82) is 0 Å². The number of carbonyl (C=O) groups is 1. The van der Waals surface area contributed by atoms with Crippen LogP contribution in [0.25, 0.3) is 0 Å². The molecule has 0 N–H and O–H groups in total. The fourth-order valence-corrected chi connectivity index (χ4v) is 2.78. The van der Waals surface area contributed by atoms with Crippen LogP contribution in [0.5, 0.6) is 0 Å². The molecule has 0 saturated carbocycles. The third-order valence-electron chi connectivity index (χ3n) is 3.60. The highest BCUT2D eigenvalue weighted by Crippen LogP contribution is 2.18. The number of nitrogens with zero attached hydrogens (tertiary/aromatic N) is 2. The zero-order valence-corrected chi connectivity index (χ0v) is 12.8. The molecule has 1 fully saturated rings. The number of aromatic nitrogens is 1. The summed E-state index contributed by atoms with van der Waals surface area (Å²) in [6.45, 7) is 3.51. The molecule has 0 radical (unpaired) electrons. The van der Waals surface area contributed by atoms with Gasteiger partial charge < -0.3 is 9.64 Å². The van der Waals surface area contributed by atoms with Crippen molar-refractivity contribution in [1.82, 2.24) is 9.88 Å². The van der Waals surface area contributed by atoms with Crippen molar-refractivity contribution in [3.05, 3.63) is 28.5 Å². The van der Waals surface area contributed by atoms with Crippen molar-refractivity contribution in [2.45, 2.75) is 38.7 Å². The lowest BCUT2D eigenvalue weighted by molar-refractivity contribution is 0.0269. The predicted molar refractivity (Wildman–Crippen MR) is 79.2 cm³/mol. The molecule has 1 aliphatic heterocycles. The summed E-state index contributed by atoms with van der Waals surface area (Å²) < 4.78 is 5.36. The lowest BCUT2D eigenvalue weighted by atomic mass is 10.1. The van der Waals surface area contributed by atoms with Crippen LogP contribution < -0.4 is 0 Å². The fourth-order valence-electron chi connectivity index (χ4n) is 2.56. The molecule has 20 heavy (non-hydrogen) atoms. The van der Waals surface area contributed by atoms with Gasteiger partial charge in [0.25, 0.3) is 5.91 Å². The normalized spacial score (nSPS) is 19.1. The third kappa shape index (κ3) is 3.70. The first-order valence-electron chi connectivity index (χ1n) is 7.12. The molecule has 1 aliphatic rings. The summed E-state index contributed by atoms with van der Waals surface area (Å²) in [5.74, 6) is 0.0217. The minimum Gasteiger partial charge on any atom is -0.380 e. The van der Waals surface area contributed by atoms with E-state index >= 15 is 0 Å². The third-order valence-corrected chi connectivity index (χ3v) is 3.79. The first kappa shape index (κ1) is 15.3. The molecule has 1 aromatic heterocycles. The number of halogens is 1. The Morgan fingerprint density at radius 2 is 2.35 bits per heavy atom. The summed E-state index contributed by atoms with van der Waals surface area (Å²) in [4.78, 5) is 18.7. The van der Waals surface area contributed by atoms with Gasteiger partial charge in [-0.1, -0.05) is 24.9 Å². The molecule has 110 valence electrons. The predicted octanol–water partition coefficient (Wildman–Crippen LogP) is 2.94. The van der Waals surface area contributed by atoms with Crippen molar-refractivity contribution in [3.63, 3.8) is 0 Å². The largest absolute Gasteiger partial charge is 0.380 e. The van der Waals surface area contributed by atoms with Gasteiger partial charge in [0.15, 0.2) is 0 Å². The quantitative estimate of drug-likeness (QED) is 0.802. The van der Waals surface area contributed by atoms with Gasteiger partial charge in [0.1, 0.15) is 5.15 Å². The second kappa shape index (κ2) is 7.04. The Hall–Kier alpha value is -1.13. The standard InChI is InChI=1S/C15H21ClN2O2/c1-3-5-12-8-11(9-14(16)17-12)15(19)18-7-4-6-13(10-18)20-2/h8-9,13H,3-7,10H2,1-2H3. The van der Waals surface area contributed by atoms with Crippen LogP contribution in [0.4, 0.5) is 0 Å². The van der Waals surface area contributed by atoms with Gasteiger partial charge in [-0.15, -0.1) is 0 Å². The van der Waals surface area contributed by atoms with Gasteiger partial charge in [0.2, 0.25) is 0 Å². The van der Waals surface area contributed by atoms with E-state index in [1.165, 1.54) is 0 Å². The molecule has 0 spiro atoms. The van der Waals surface area contributed by atoms with Crippen molar-refractivity contribution in [2.24, 2.45) is 0 Å². The molecule has 1 saturated heterocycles. The number of rotatable bonds is 4. The second-order valence-electron chi connectivity index (χ2n) is 5.17. The van der Waals surface area contributed by atoms with E-state index in [0.29, 0.717) is 17.3 Å². The maximum absolute atomic E-state index is 12.6. The van der Waals surface area contributed by atoms with Gasteiger partial charge >= 0.3 is 0 Å². The summed E-state index contributed by atoms with van der Waals surface area (Å²) in [7, 11) is 1.70. The monoisotopic (exact) mass is 296 g/mol. The van der Waals surface area contributed by atoms with Crippen molar-refractivity contribution in [3.8, 4) is 0 Å². The number of pyridine rings is 1. The summed E-state index contributed by atoms with van der Waals surface area (Å²) in [5, 5.41) is 0.389. The minimum atomic E-state index is 0.0217. The Bertz CT molecular complexity index is 479. The summed E-state index contributed by atoms with van der Waals surface area (Å²) in [6.07, 6.45) is 3.95. The number of aryl methyl sites for hydroxylation is 1. The Morgan fingerprint density at radius 1 is 1.55 bits per heavy atom. The Morgan fingerprint density at radius 3 is 3.05 bits per heavy atom. The maximum atomic E-state index is 12.6. The van der Waals surface area contributed by atoms with Crippen LogP contribution in [-0.2, 0) is 11.2 Å². The summed E-state index contributed by atoms with van der Waals surface area (Å²) in [6, 6.07) is 3.51. The molecule has 5 heteroatoms. The number of methoxy groups -OCH3 is 1. The molecular formula is C15H21ClN2O2. The van der Waals surface area contributed by atoms with E-state index in [-0.39, 0.29) is 12.0 Å². The molecule has 0 aromatic carbocycles. The van der Waals surface area contributed by atoms with Crippen LogP contribution in [0, 0.1) is 0 Å². The van der Waals surface area contributed by atoms with E-state index in [0.717, 1.165) is 37.9 Å². The first-order chi connectivity index (χ1) is 9.63. The minimum absolute atomic E-state index is 0.0217. The lowest BCUT2D eigenvalue weighted by Crippen LogP contribution is -2.42. The van der Waals surface area contributed by atoms with E-state index < -0.39 is 0 Å². The number of hydrogen-bond acceptors (Lipinski definition) is 3. The van der Waals surface area contributed by atoms with Crippen LogP contribution >= 0.6 is 11.6 Å². The molecular weight excluding hydrogens is 276 g/mol. The zero-order valence-electron chi connectivity index (χ0n) is 12.1. The number of piperidine rings is 1. The molecule has 1 aromatic rings. The molecule has 1 unspecified atom stereocenters. The summed E-state index contributed by atoms with van der Waals surface area (Å²) in [5.41, 5.74) is 1.51. The van der Waals surface area contributed by atoms with Crippen LogP contribution in [0.15, 0.2) is 12.1 Å². The molecule has 0 bridgehead atoms. The van der Waals surface area contributed by atoms with E-state index in [4.69, 9.17) is 16.3 Å². The number of hydrogen-bond donors (Lipinski definition) is 0. The highest BCUT2D eigenvalue weighted by molar-refractivity contribution is 6.29. The Kier molecular flexibility index (Phi) is 5.38. The molecule has 2 rings (SSSR count). The topological polar surface area (TPSA) is 42.4 Å². The fraction of sp³-hybridized carbons (Fsp3) is 0.600. The second-order valence-corrected chi connectivity index (χ2v) is 5.56. The van der Waals surface area contributed by atoms with Crippen molar-refractivity contribution < 1.29 is 9.53 Å². The van der Waals surface area contributed by atoms with Gasteiger partial charge in [-0.3, -0.25) is 4.79 Å². The summed E-state index contributed by atoms with van der Waals surface area (Å²) >= 11 is 6.02. The van der Waals surface area contributed by atoms with E-state index in [1.807, 2.05) is 11.0 Å². The molecule has 4 nitrogen and oxygen atoms in total. The van der Waals surface area contributed by atoms with Crippen LogP contribution in [0.2, 0.25) is 5.15 Å². The SMILES string of the molecule is CCCc1cc(C(=O)N2CCCC(OC)C2)cc(Cl)n1. The van der Waals surface area contributed by atoms with Crippen LogP contribution in [-0.4, -0.2) is 42.1 Å². The number of ether oxygens (including phenoxy) is 1. The van der Waals surface area contributed by atoms with Crippen LogP contribution in [0.1, 0.15) is 42.2 Å². The van der Waals surface area contributed by atoms with E-state index in [1.54, 1.807) is 13.2 Å². The molecule has 0 aliphatic carbocycles. The van der Waals surface area contributed by atoms with Crippen molar-refractivity contribution >= 4 is 17.5 Å². The Balaban J connectivity index is 2.15. The first-order valence-corrected chi connectivity index (χ1v) is 7.50. The lowest BCUT2D eigenvalue weighted by Gasteiger charge is -2.32. The van der Waals surface area contributed by atoms with Gasteiger partial charge in [0.05, 0.1) is 6.10 Å². The number of likely N-dealkylation sites (tertiary alicyclic amines) is 1. The van der Waals surface area contributed by atoms with E-state index in [9.17, 15) is 4.79 Å². The van der Waals surface area contributed by atoms with Crippen LogP contribution in [0.3, 0.4) is 0 Å². The molecule has 1 amide bonds. The van der Waals surface area contributed by atoms with Crippen molar-refractivity contribution in [2.75, 3.05) is 20.2 Å². The average molecular weight is 297 g/mol. The molecule has 2 heterocycles. The Labute approximate surface area is 125 Å².